The molecule has 2 amide bonds. The summed E-state index contributed by atoms with van der Waals surface area (Å²) >= 11 is 0. The van der Waals surface area contributed by atoms with Gasteiger partial charge in [-0.15, -0.1) is 0 Å². The third-order valence-electron chi connectivity index (χ3n) is 7.68. The second-order valence-corrected chi connectivity index (χ2v) is 10.4. The van der Waals surface area contributed by atoms with Crippen molar-refractivity contribution in [3.8, 4) is 11.4 Å². The van der Waals surface area contributed by atoms with Crippen molar-refractivity contribution >= 4 is 28.6 Å². The number of anilines is 1. The molecule has 208 valence electrons. The van der Waals surface area contributed by atoms with Crippen LogP contribution >= 0.6 is 0 Å². The van der Waals surface area contributed by atoms with Gasteiger partial charge in [-0.2, -0.15) is 5.10 Å². The molecule has 40 heavy (non-hydrogen) atoms. The molecule has 1 fully saturated rings. The van der Waals surface area contributed by atoms with Crippen molar-refractivity contribution in [1.29, 1.82) is 0 Å². The zero-order valence-corrected chi connectivity index (χ0v) is 23.2. The number of carbonyl (C=O) groups excluding carboxylic acids is 1. The van der Waals surface area contributed by atoms with Crippen LogP contribution in [-0.4, -0.2) is 60.9 Å². The van der Waals surface area contributed by atoms with Gasteiger partial charge in [0.15, 0.2) is 5.82 Å². The van der Waals surface area contributed by atoms with Crippen LogP contribution in [0.25, 0.3) is 22.2 Å². The van der Waals surface area contributed by atoms with Crippen molar-refractivity contribution < 1.29 is 14.7 Å². The zero-order valence-electron chi connectivity index (χ0n) is 23.2. The monoisotopic (exact) mass is 540 g/mol. The van der Waals surface area contributed by atoms with Gasteiger partial charge in [0.1, 0.15) is 11.6 Å². The molecule has 0 bridgehead atoms. The van der Waals surface area contributed by atoms with Crippen LogP contribution in [0.1, 0.15) is 50.4 Å². The number of carboxylic acid groups (broad SMARTS) is 1. The Kier molecular flexibility index (Phi) is 8.38. The summed E-state index contributed by atoms with van der Waals surface area (Å²) in [5, 5.41) is 16.6. The average Bonchev–Trinajstić information content (AvgIpc) is 3.62. The number of amides is 2. The number of benzene rings is 2. The molecule has 0 unspecified atom stereocenters. The number of nitrogens with zero attached hydrogens (tertiary/aromatic N) is 6. The summed E-state index contributed by atoms with van der Waals surface area (Å²) in [7, 11) is 0. The van der Waals surface area contributed by atoms with E-state index in [1.165, 1.54) is 4.90 Å². The van der Waals surface area contributed by atoms with E-state index in [4.69, 9.17) is 5.10 Å². The highest BCUT2D eigenvalue weighted by molar-refractivity contribution is 5.90. The minimum atomic E-state index is -1.04. The van der Waals surface area contributed by atoms with Gasteiger partial charge in [0.25, 0.3) is 0 Å². The largest absolute Gasteiger partial charge is 0.465 e. The van der Waals surface area contributed by atoms with Crippen LogP contribution < -0.4 is 4.90 Å². The van der Waals surface area contributed by atoms with E-state index in [-0.39, 0.29) is 11.9 Å². The average molecular weight is 541 g/mol. The van der Waals surface area contributed by atoms with E-state index < -0.39 is 6.09 Å². The van der Waals surface area contributed by atoms with Gasteiger partial charge >= 0.3 is 6.09 Å². The van der Waals surface area contributed by atoms with Crippen LogP contribution in [0.3, 0.4) is 0 Å². The van der Waals surface area contributed by atoms with Gasteiger partial charge in [-0.05, 0) is 54.7 Å². The number of hydrogen-bond donors (Lipinski definition) is 1. The SMILES string of the molecule is CCCN(C(=O)O)c1cc(-c2nc(C)n(CCN(C(=O)Cc3cccc4ccccc34)C3CCCC3)n2)ccn1. The van der Waals surface area contributed by atoms with Gasteiger partial charge in [-0.3, -0.25) is 9.69 Å². The Morgan fingerprint density at radius 1 is 1.05 bits per heavy atom. The molecule has 2 aromatic carbocycles. The number of pyridine rings is 1. The minimum Gasteiger partial charge on any atom is -0.465 e. The third-order valence-corrected chi connectivity index (χ3v) is 7.68. The van der Waals surface area contributed by atoms with E-state index in [0.717, 1.165) is 47.8 Å². The lowest BCUT2D eigenvalue weighted by atomic mass is 10.0. The molecule has 0 saturated heterocycles. The number of hydrogen-bond acceptors (Lipinski definition) is 5. The standard InChI is InChI=1S/C31H36N6O3/c1-3-17-36(31(39)40)28-20-25(15-16-32-28)30-33-22(2)37(34-30)19-18-35(26-12-5-6-13-26)29(38)21-24-11-8-10-23-9-4-7-14-27(23)24/h4,7-11,14-16,20,26H,3,5-6,12-13,17-19,21H2,1-2H3,(H,39,40). The highest BCUT2D eigenvalue weighted by atomic mass is 16.4. The van der Waals surface area contributed by atoms with E-state index in [1.807, 2.05) is 36.7 Å². The Labute approximate surface area is 234 Å². The predicted molar refractivity (Wildman–Crippen MR) is 155 cm³/mol. The zero-order chi connectivity index (χ0) is 28.1. The Morgan fingerprint density at radius 3 is 2.60 bits per heavy atom. The van der Waals surface area contributed by atoms with Crippen molar-refractivity contribution in [3.63, 3.8) is 0 Å². The molecule has 5 rings (SSSR count). The first-order valence-corrected chi connectivity index (χ1v) is 14.1. The maximum absolute atomic E-state index is 13.7. The Bertz CT molecular complexity index is 1490. The number of fused-ring (bicyclic) bond motifs is 1. The van der Waals surface area contributed by atoms with Crippen LogP contribution in [0.5, 0.6) is 0 Å². The van der Waals surface area contributed by atoms with Crippen molar-refractivity contribution in [1.82, 2.24) is 24.6 Å². The van der Waals surface area contributed by atoms with Crippen molar-refractivity contribution in [2.24, 2.45) is 0 Å². The Balaban J connectivity index is 1.33. The molecule has 2 aromatic heterocycles. The highest BCUT2D eigenvalue weighted by Gasteiger charge is 2.27. The summed E-state index contributed by atoms with van der Waals surface area (Å²) < 4.78 is 1.84. The maximum atomic E-state index is 13.7. The van der Waals surface area contributed by atoms with Gasteiger partial charge < -0.3 is 10.0 Å². The molecular formula is C31H36N6O3. The third kappa shape index (κ3) is 5.98. The van der Waals surface area contributed by atoms with Crippen LogP contribution in [0, 0.1) is 6.92 Å². The smallest absolute Gasteiger partial charge is 0.413 e. The van der Waals surface area contributed by atoms with E-state index in [0.29, 0.717) is 49.7 Å². The van der Waals surface area contributed by atoms with Gasteiger partial charge in [-0.25, -0.2) is 19.4 Å². The van der Waals surface area contributed by atoms with E-state index in [1.54, 1.807) is 18.3 Å². The molecule has 1 N–H and O–H groups in total. The Morgan fingerprint density at radius 2 is 1.82 bits per heavy atom. The topological polar surface area (TPSA) is 104 Å². The van der Waals surface area contributed by atoms with Crippen molar-refractivity contribution in [3.05, 3.63) is 72.2 Å². The summed E-state index contributed by atoms with van der Waals surface area (Å²) in [4.78, 5) is 37.6. The molecular weight excluding hydrogens is 504 g/mol. The Hall–Kier alpha value is -4.27. The number of carbonyl (C=O) groups is 2. The van der Waals surface area contributed by atoms with Crippen molar-refractivity contribution in [2.75, 3.05) is 18.0 Å². The first-order valence-electron chi connectivity index (χ1n) is 14.1. The number of rotatable bonds is 10. The molecule has 1 saturated carbocycles. The molecule has 1 aliphatic carbocycles. The highest BCUT2D eigenvalue weighted by Crippen LogP contribution is 2.26. The fourth-order valence-electron chi connectivity index (χ4n) is 5.63. The summed E-state index contributed by atoms with van der Waals surface area (Å²) in [6.45, 7) is 5.27. The molecule has 0 radical (unpaired) electrons. The number of aromatic nitrogens is 4. The molecule has 9 nitrogen and oxygen atoms in total. The van der Waals surface area contributed by atoms with Crippen LogP contribution in [0.15, 0.2) is 60.8 Å². The van der Waals surface area contributed by atoms with Crippen molar-refractivity contribution in [2.45, 2.75) is 65.0 Å². The fourth-order valence-corrected chi connectivity index (χ4v) is 5.63. The molecule has 0 aliphatic heterocycles. The van der Waals surface area contributed by atoms with Gasteiger partial charge in [0.05, 0.1) is 13.0 Å². The predicted octanol–water partition coefficient (Wildman–Crippen LogP) is 5.71. The van der Waals surface area contributed by atoms with Gasteiger partial charge in [-0.1, -0.05) is 62.2 Å². The lowest BCUT2D eigenvalue weighted by molar-refractivity contribution is -0.132. The lowest BCUT2D eigenvalue weighted by Crippen LogP contribution is -2.42. The van der Waals surface area contributed by atoms with Gasteiger partial charge in [0.2, 0.25) is 5.91 Å². The minimum absolute atomic E-state index is 0.143. The second-order valence-electron chi connectivity index (χ2n) is 10.4. The maximum Gasteiger partial charge on any atom is 0.413 e. The molecule has 4 aromatic rings. The van der Waals surface area contributed by atoms with Gasteiger partial charge in [0, 0.05) is 30.9 Å². The second kappa shape index (κ2) is 12.3. The summed E-state index contributed by atoms with van der Waals surface area (Å²) in [5.74, 6) is 1.75. The summed E-state index contributed by atoms with van der Waals surface area (Å²) in [6.07, 6.45) is 5.94. The van der Waals surface area contributed by atoms with E-state index in [2.05, 4.69) is 39.1 Å². The van der Waals surface area contributed by atoms with Crippen LogP contribution in [0.2, 0.25) is 0 Å². The molecule has 1 aliphatic rings. The normalized spacial score (nSPS) is 13.6. The van der Waals surface area contributed by atoms with Crippen LogP contribution in [0.4, 0.5) is 10.6 Å². The molecule has 2 heterocycles. The fraction of sp³-hybridized carbons (Fsp3) is 0.387. The molecule has 9 heteroatoms. The van der Waals surface area contributed by atoms with E-state index >= 15 is 0 Å². The van der Waals surface area contributed by atoms with Crippen LogP contribution in [-0.2, 0) is 17.8 Å². The number of aryl methyl sites for hydroxylation is 1. The quantitative estimate of drug-likeness (QED) is 0.276. The first kappa shape index (κ1) is 27.3. The summed E-state index contributed by atoms with van der Waals surface area (Å²) in [6, 6.07) is 18.1. The van der Waals surface area contributed by atoms with E-state index in [9.17, 15) is 14.7 Å². The summed E-state index contributed by atoms with van der Waals surface area (Å²) in [5.41, 5.74) is 1.76. The molecule has 0 atom stereocenters. The molecule has 0 spiro atoms. The lowest BCUT2D eigenvalue weighted by Gasteiger charge is -2.29. The first-order chi connectivity index (χ1) is 19.4.